The Kier molecular flexibility index (Phi) is 5.67. The summed E-state index contributed by atoms with van der Waals surface area (Å²) in [6.07, 6.45) is -4.38. The largest absolute Gasteiger partial charge is 0.416 e. The van der Waals surface area contributed by atoms with Gasteiger partial charge in [-0.05, 0) is 90.0 Å². The van der Waals surface area contributed by atoms with E-state index in [1.807, 2.05) is 42.5 Å². The molecular weight excluding hydrogens is 501 g/mol. The summed E-state index contributed by atoms with van der Waals surface area (Å²) in [5.41, 5.74) is 5.45. The quantitative estimate of drug-likeness (QED) is 0.202. The Bertz CT molecular complexity index is 2020. The summed E-state index contributed by atoms with van der Waals surface area (Å²) in [5, 5.41) is 6.46. The van der Waals surface area contributed by atoms with Crippen LogP contribution in [0.4, 0.5) is 13.2 Å². The topological polar surface area (TPSA) is 0 Å². The smallest absolute Gasteiger partial charge is 0.166 e. The molecule has 0 heterocycles. The van der Waals surface area contributed by atoms with Crippen LogP contribution in [0.15, 0.2) is 140 Å². The molecule has 0 aliphatic rings. The van der Waals surface area contributed by atoms with Crippen molar-refractivity contribution in [1.29, 1.82) is 0 Å². The minimum absolute atomic E-state index is 0.649. The standard InChI is InChI=1S/C37H23F3/c38-37(39,40)30-19-16-26(17-20-30)35-31-12-6-7-13-32(31)36(29-15-14-25-10-4-5-11-27(25)22-29)34-23-28(18-21-33(34)35)24-8-2-1-3-9-24/h1-23H. The third-order valence-electron chi connectivity index (χ3n) is 7.67. The zero-order chi connectivity index (χ0) is 27.3. The third kappa shape index (κ3) is 4.11. The molecule has 0 aliphatic heterocycles. The van der Waals surface area contributed by atoms with Gasteiger partial charge in [0, 0.05) is 0 Å². The number of alkyl halides is 3. The summed E-state index contributed by atoms with van der Waals surface area (Å²) in [5.74, 6) is 0. The molecular formula is C37H23F3. The van der Waals surface area contributed by atoms with Gasteiger partial charge in [0.2, 0.25) is 0 Å². The Labute approximate surface area is 230 Å². The lowest BCUT2D eigenvalue weighted by molar-refractivity contribution is -0.137. The molecule has 7 rings (SSSR count). The molecule has 0 saturated carbocycles. The van der Waals surface area contributed by atoms with Gasteiger partial charge in [-0.3, -0.25) is 0 Å². The highest BCUT2D eigenvalue weighted by Crippen LogP contribution is 2.45. The van der Waals surface area contributed by atoms with E-state index in [-0.39, 0.29) is 0 Å². The predicted octanol–water partition coefficient (Wildman–Crippen LogP) is 11.2. The molecule has 40 heavy (non-hydrogen) atoms. The molecule has 0 atom stereocenters. The van der Waals surface area contributed by atoms with E-state index >= 15 is 0 Å². The van der Waals surface area contributed by atoms with Gasteiger partial charge in [-0.2, -0.15) is 13.2 Å². The lowest BCUT2D eigenvalue weighted by Crippen LogP contribution is -2.04. The minimum Gasteiger partial charge on any atom is -0.166 e. The van der Waals surface area contributed by atoms with Gasteiger partial charge in [-0.1, -0.05) is 115 Å². The molecule has 3 heteroatoms. The van der Waals surface area contributed by atoms with Crippen LogP contribution in [0.1, 0.15) is 5.56 Å². The van der Waals surface area contributed by atoms with E-state index in [1.165, 1.54) is 17.5 Å². The zero-order valence-electron chi connectivity index (χ0n) is 21.4. The molecule has 0 aliphatic carbocycles. The van der Waals surface area contributed by atoms with Gasteiger partial charge < -0.3 is 0 Å². The van der Waals surface area contributed by atoms with Gasteiger partial charge in [0.15, 0.2) is 0 Å². The number of hydrogen-bond acceptors (Lipinski definition) is 0. The van der Waals surface area contributed by atoms with Crippen LogP contribution in [-0.2, 0) is 6.18 Å². The van der Waals surface area contributed by atoms with Crippen molar-refractivity contribution in [3.05, 3.63) is 145 Å². The molecule has 7 aromatic rings. The first-order valence-corrected chi connectivity index (χ1v) is 13.2. The van der Waals surface area contributed by atoms with E-state index in [0.29, 0.717) is 0 Å². The molecule has 0 radical (unpaired) electrons. The molecule has 0 aromatic heterocycles. The monoisotopic (exact) mass is 524 g/mol. The normalized spacial score (nSPS) is 11.9. The van der Waals surface area contributed by atoms with Crippen LogP contribution in [0, 0.1) is 0 Å². The second-order valence-electron chi connectivity index (χ2n) is 10.1. The molecule has 7 aromatic carbocycles. The van der Waals surface area contributed by atoms with Crippen LogP contribution < -0.4 is 0 Å². The van der Waals surface area contributed by atoms with Crippen LogP contribution in [-0.4, -0.2) is 0 Å². The van der Waals surface area contributed by atoms with Crippen molar-refractivity contribution >= 4 is 32.3 Å². The summed E-state index contributed by atoms with van der Waals surface area (Å²) < 4.78 is 40.2. The fourth-order valence-corrected chi connectivity index (χ4v) is 5.78. The summed E-state index contributed by atoms with van der Waals surface area (Å²) in [4.78, 5) is 0. The maximum atomic E-state index is 13.4. The first-order chi connectivity index (χ1) is 19.5. The number of rotatable bonds is 3. The van der Waals surface area contributed by atoms with Crippen molar-refractivity contribution in [3.8, 4) is 33.4 Å². The minimum atomic E-state index is -4.38. The Hall–Kier alpha value is -4.89. The molecule has 0 saturated heterocycles. The first kappa shape index (κ1) is 24.2. The van der Waals surface area contributed by atoms with E-state index in [2.05, 4.69) is 72.8 Å². The zero-order valence-corrected chi connectivity index (χ0v) is 21.4. The molecule has 0 spiro atoms. The molecule has 0 N–H and O–H groups in total. The number of fused-ring (bicyclic) bond motifs is 3. The fraction of sp³-hybridized carbons (Fsp3) is 0.0270. The predicted molar refractivity (Wildman–Crippen MR) is 160 cm³/mol. The van der Waals surface area contributed by atoms with E-state index in [1.54, 1.807) is 12.1 Å². The molecule has 192 valence electrons. The second-order valence-corrected chi connectivity index (χ2v) is 10.1. The van der Waals surface area contributed by atoms with Crippen molar-refractivity contribution < 1.29 is 13.2 Å². The van der Waals surface area contributed by atoms with E-state index in [9.17, 15) is 13.2 Å². The van der Waals surface area contributed by atoms with Gasteiger partial charge in [-0.25, -0.2) is 0 Å². The van der Waals surface area contributed by atoms with Crippen molar-refractivity contribution in [2.75, 3.05) is 0 Å². The van der Waals surface area contributed by atoms with Gasteiger partial charge in [0.25, 0.3) is 0 Å². The second kappa shape index (κ2) is 9.39. The lowest BCUT2D eigenvalue weighted by Gasteiger charge is -2.19. The van der Waals surface area contributed by atoms with E-state index in [0.717, 1.165) is 60.3 Å². The molecule has 0 fully saturated rings. The van der Waals surface area contributed by atoms with E-state index < -0.39 is 11.7 Å². The molecule has 0 unspecified atom stereocenters. The van der Waals surface area contributed by atoms with Gasteiger partial charge in [0.05, 0.1) is 5.56 Å². The average molecular weight is 525 g/mol. The third-order valence-corrected chi connectivity index (χ3v) is 7.67. The summed E-state index contributed by atoms with van der Waals surface area (Å²) in [6.45, 7) is 0. The molecule has 0 nitrogen and oxygen atoms in total. The van der Waals surface area contributed by atoms with Crippen LogP contribution in [0.3, 0.4) is 0 Å². The molecule has 0 amide bonds. The maximum absolute atomic E-state index is 13.4. The summed E-state index contributed by atoms with van der Waals surface area (Å²) in [7, 11) is 0. The SMILES string of the molecule is FC(F)(F)c1ccc(-c2c3ccccc3c(-c3ccc4ccccc4c3)c3cc(-c4ccccc4)ccc23)cc1. The Morgan fingerprint density at radius 3 is 1.60 bits per heavy atom. The van der Waals surface area contributed by atoms with Crippen molar-refractivity contribution in [2.45, 2.75) is 6.18 Å². The van der Waals surface area contributed by atoms with Gasteiger partial charge >= 0.3 is 6.18 Å². The van der Waals surface area contributed by atoms with Crippen molar-refractivity contribution in [1.82, 2.24) is 0 Å². The van der Waals surface area contributed by atoms with Crippen LogP contribution >= 0.6 is 0 Å². The lowest BCUT2D eigenvalue weighted by atomic mass is 9.84. The Morgan fingerprint density at radius 2 is 0.900 bits per heavy atom. The first-order valence-electron chi connectivity index (χ1n) is 13.2. The number of hydrogen-bond donors (Lipinski definition) is 0. The Morgan fingerprint density at radius 1 is 0.350 bits per heavy atom. The van der Waals surface area contributed by atoms with Crippen molar-refractivity contribution in [2.24, 2.45) is 0 Å². The highest BCUT2D eigenvalue weighted by molar-refractivity contribution is 6.22. The van der Waals surface area contributed by atoms with Crippen LogP contribution in [0.25, 0.3) is 65.7 Å². The maximum Gasteiger partial charge on any atom is 0.416 e. The summed E-state index contributed by atoms with van der Waals surface area (Å²) >= 11 is 0. The van der Waals surface area contributed by atoms with Crippen LogP contribution in [0.5, 0.6) is 0 Å². The number of benzene rings is 7. The fourth-order valence-electron chi connectivity index (χ4n) is 5.78. The van der Waals surface area contributed by atoms with Gasteiger partial charge in [-0.15, -0.1) is 0 Å². The van der Waals surface area contributed by atoms with Crippen molar-refractivity contribution in [3.63, 3.8) is 0 Å². The highest BCUT2D eigenvalue weighted by atomic mass is 19.4. The highest BCUT2D eigenvalue weighted by Gasteiger charge is 2.30. The van der Waals surface area contributed by atoms with E-state index in [4.69, 9.17) is 0 Å². The van der Waals surface area contributed by atoms with Gasteiger partial charge in [0.1, 0.15) is 0 Å². The Balaban J connectivity index is 1.59. The number of halogens is 3. The van der Waals surface area contributed by atoms with Crippen LogP contribution in [0.2, 0.25) is 0 Å². The summed E-state index contributed by atoms with van der Waals surface area (Å²) in [6, 6.07) is 45.2. The molecule has 0 bridgehead atoms. The average Bonchev–Trinajstić information content (AvgIpc) is 2.99.